The summed E-state index contributed by atoms with van der Waals surface area (Å²) in [6, 6.07) is 2.24. The molecule has 0 aliphatic heterocycles. The molecule has 1 rings (SSSR count). The molecule has 102 valence electrons. The van der Waals surface area contributed by atoms with Gasteiger partial charge in [-0.2, -0.15) is 16.9 Å². The molecule has 0 radical (unpaired) electrons. The van der Waals surface area contributed by atoms with Gasteiger partial charge >= 0.3 is 0 Å². The van der Waals surface area contributed by atoms with Crippen molar-refractivity contribution in [2.45, 2.75) is 39.3 Å². The number of aromatic nitrogens is 2. The van der Waals surface area contributed by atoms with Crippen molar-refractivity contribution in [3.8, 4) is 0 Å². The highest BCUT2D eigenvalue weighted by Crippen LogP contribution is 2.13. The number of nitrogens with one attached hydrogen (secondary N) is 1. The number of rotatable bonds is 7. The first-order chi connectivity index (χ1) is 8.50. The van der Waals surface area contributed by atoms with Crippen LogP contribution in [0.15, 0.2) is 12.3 Å². The average Bonchev–Trinajstić information content (AvgIpc) is 2.72. The second-order valence-electron chi connectivity index (χ2n) is 4.62. The Kier molecular flexibility index (Phi) is 6.21. The van der Waals surface area contributed by atoms with Gasteiger partial charge in [-0.15, -0.1) is 0 Å². The lowest BCUT2D eigenvalue weighted by molar-refractivity contribution is -0.113. The van der Waals surface area contributed by atoms with Crippen LogP contribution in [-0.4, -0.2) is 33.2 Å². The van der Waals surface area contributed by atoms with Gasteiger partial charge in [-0.1, -0.05) is 0 Å². The Bertz CT molecular complexity index is 376. The number of hydrogen-bond donors (Lipinski definition) is 2. The molecule has 18 heavy (non-hydrogen) atoms. The van der Waals surface area contributed by atoms with Gasteiger partial charge in [0.25, 0.3) is 0 Å². The molecule has 0 aliphatic rings. The Balaban J connectivity index is 2.33. The van der Waals surface area contributed by atoms with Crippen LogP contribution in [-0.2, 0) is 4.79 Å². The molecule has 1 amide bonds. The summed E-state index contributed by atoms with van der Waals surface area (Å²) in [4.78, 5) is 11.7. The van der Waals surface area contributed by atoms with Crippen LogP contribution in [0.2, 0.25) is 0 Å². The highest BCUT2D eigenvalue weighted by Gasteiger charge is 2.09. The molecule has 0 fully saturated rings. The van der Waals surface area contributed by atoms with Gasteiger partial charge in [-0.25, -0.2) is 4.68 Å². The largest absolute Gasteiger partial charge is 0.328 e. The first-order valence-corrected chi connectivity index (χ1v) is 7.33. The Hall–Kier alpha value is -1.01. The number of amides is 1. The van der Waals surface area contributed by atoms with Gasteiger partial charge in [0.15, 0.2) is 0 Å². The molecule has 0 aromatic carbocycles. The minimum absolute atomic E-state index is 0.00655. The van der Waals surface area contributed by atoms with E-state index in [0.717, 1.165) is 18.0 Å². The molecule has 1 aromatic rings. The summed E-state index contributed by atoms with van der Waals surface area (Å²) in [5.41, 5.74) is 5.65. The van der Waals surface area contributed by atoms with Crippen LogP contribution in [0.1, 0.15) is 33.2 Å². The van der Waals surface area contributed by atoms with Crippen molar-refractivity contribution < 1.29 is 4.79 Å². The summed E-state index contributed by atoms with van der Waals surface area (Å²) >= 11 is 1.60. The lowest BCUT2D eigenvalue weighted by Gasteiger charge is -2.11. The predicted octanol–water partition coefficient (Wildman–Crippen LogP) is 1.87. The fourth-order valence-corrected chi connectivity index (χ4v) is 2.38. The van der Waals surface area contributed by atoms with Crippen molar-refractivity contribution in [3.63, 3.8) is 0 Å². The molecule has 1 heterocycles. The van der Waals surface area contributed by atoms with Crippen LogP contribution in [0.3, 0.4) is 0 Å². The van der Waals surface area contributed by atoms with Crippen molar-refractivity contribution in [1.82, 2.24) is 9.78 Å². The zero-order valence-corrected chi connectivity index (χ0v) is 12.0. The fraction of sp³-hybridized carbons (Fsp3) is 0.667. The minimum Gasteiger partial charge on any atom is -0.328 e. The van der Waals surface area contributed by atoms with Crippen molar-refractivity contribution in [2.75, 3.05) is 16.8 Å². The molecule has 6 heteroatoms. The van der Waals surface area contributed by atoms with Crippen LogP contribution in [0.25, 0.3) is 0 Å². The highest BCUT2D eigenvalue weighted by atomic mass is 32.2. The van der Waals surface area contributed by atoms with E-state index in [1.807, 2.05) is 26.8 Å². The maximum atomic E-state index is 11.7. The first-order valence-electron chi connectivity index (χ1n) is 6.17. The molecule has 0 aliphatic carbocycles. The molecule has 0 saturated heterocycles. The zero-order valence-electron chi connectivity index (χ0n) is 11.2. The van der Waals surface area contributed by atoms with E-state index < -0.39 is 0 Å². The van der Waals surface area contributed by atoms with E-state index in [-0.39, 0.29) is 18.0 Å². The lowest BCUT2D eigenvalue weighted by Crippen LogP contribution is -2.19. The molecule has 3 N–H and O–H groups in total. The van der Waals surface area contributed by atoms with Crippen molar-refractivity contribution >= 4 is 23.5 Å². The van der Waals surface area contributed by atoms with Gasteiger partial charge in [0.2, 0.25) is 5.91 Å². The molecule has 0 saturated carbocycles. The number of carbonyl (C=O) groups is 1. The first kappa shape index (κ1) is 15.0. The number of thioether (sulfide) groups is 1. The Morgan fingerprint density at radius 1 is 1.56 bits per heavy atom. The molecule has 1 atom stereocenters. The van der Waals surface area contributed by atoms with Crippen LogP contribution in [0, 0.1) is 0 Å². The fourth-order valence-electron chi connectivity index (χ4n) is 1.44. The topological polar surface area (TPSA) is 72.9 Å². The van der Waals surface area contributed by atoms with E-state index in [1.165, 1.54) is 0 Å². The quantitative estimate of drug-likeness (QED) is 0.742. The van der Waals surface area contributed by atoms with Gasteiger partial charge in [0.1, 0.15) is 5.82 Å². The van der Waals surface area contributed by atoms with E-state index in [9.17, 15) is 4.79 Å². The van der Waals surface area contributed by atoms with E-state index >= 15 is 0 Å². The smallest absolute Gasteiger partial charge is 0.235 e. The van der Waals surface area contributed by atoms with Crippen molar-refractivity contribution in [3.05, 3.63) is 12.3 Å². The SMILES string of the molecule is CC(N)CCSCC(=O)Nc1ccnn1C(C)C. The standard InChI is InChI=1S/C12H22N4OS/c1-9(2)16-11(4-6-14-16)15-12(17)8-18-7-5-10(3)13/h4,6,9-10H,5,7-8,13H2,1-3H3,(H,15,17). The lowest BCUT2D eigenvalue weighted by atomic mass is 10.3. The van der Waals surface area contributed by atoms with Crippen LogP contribution >= 0.6 is 11.8 Å². The third kappa shape index (κ3) is 5.10. The van der Waals surface area contributed by atoms with Crippen molar-refractivity contribution in [1.29, 1.82) is 0 Å². The molecule has 1 unspecified atom stereocenters. The third-order valence-corrected chi connectivity index (χ3v) is 3.37. The number of nitrogens with two attached hydrogens (primary N) is 1. The summed E-state index contributed by atoms with van der Waals surface area (Å²) in [6.07, 6.45) is 2.63. The molecule has 0 bridgehead atoms. The summed E-state index contributed by atoms with van der Waals surface area (Å²) in [5, 5.41) is 7.04. The summed E-state index contributed by atoms with van der Waals surface area (Å²) in [5.74, 6) is 2.12. The van der Waals surface area contributed by atoms with Crippen LogP contribution < -0.4 is 11.1 Å². The maximum Gasteiger partial charge on any atom is 0.235 e. The van der Waals surface area contributed by atoms with E-state index in [1.54, 1.807) is 22.6 Å². The second kappa shape index (κ2) is 7.43. The van der Waals surface area contributed by atoms with E-state index in [4.69, 9.17) is 5.73 Å². The van der Waals surface area contributed by atoms with E-state index in [0.29, 0.717) is 5.75 Å². The van der Waals surface area contributed by atoms with Gasteiger partial charge < -0.3 is 11.1 Å². The second-order valence-corrected chi connectivity index (χ2v) is 5.73. The van der Waals surface area contributed by atoms with Crippen molar-refractivity contribution in [2.24, 2.45) is 5.73 Å². The summed E-state index contributed by atoms with van der Waals surface area (Å²) in [7, 11) is 0. The third-order valence-electron chi connectivity index (χ3n) is 2.38. The Morgan fingerprint density at radius 3 is 2.89 bits per heavy atom. The highest BCUT2D eigenvalue weighted by molar-refractivity contribution is 7.99. The number of carbonyl (C=O) groups excluding carboxylic acids is 1. The maximum absolute atomic E-state index is 11.7. The monoisotopic (exact) mass is 270 g/mol. The molecular weight excluding hydrogens is 248 g/mol. The zero-order chi connectivity index (χ0) is 13.5. The number of nitrogens with zero attached hydrogens (tertiary/aromatic N) is 2. The molecule has 0 spiro atoms. The normalized spacial score (nSPS) is 12.7. The molecule has 1 aromatic heterocycles. The van der Waals surface area contributed by atoms with Crippen LogP contribution in [0.5, 0.6) is 0 Å². The van der Waals surface area contributed by atoms with Gasteiger partial charge in [-0.3, -0.25) is 4.79 Å². The predicted molar refractivity (Wildman–Crippen MR) is 76.8 cm³/mol. The van der Waals surface area contributed by atoms with Crippen LogP contribution in [0.4, 0.5) is 5.82 Å². The van der Waals surface area contributed by atoms with E-state index in [2.05, 4.69) is 10.4 Å². The van der Waals surface area contributed by atoms with Gasteiger partial charge in [0, 0.05) is 18.2 Å². The average molecular weight is 270 g/mol. The van der Waals surface area contributed by atoms with Gasteiger partial charge in [-0.05, 0) is 32.9 Å². The minimum atomic E-state index is 0.00655. The number of hydrogen-bond acceptors (Lipinski definition) is 4. The Labute approximate surface area is 112 Å². The summed E-state index contributed by atoms with van der Waals surface area (Å²) < 4.78 is 1.80. The molecule has 5 nitrogen and oxygen atoms in total. The number of anilines is 1. The van der Waals surface area contributed by atoms with Gasteiger partial charge in [0.05, 0.1) is 11.9 Å². The summed E-state index contributed by atoms with van der Waals surface area (Å²) in [6.45, 7) is 6.03. The molecular formula is C12H22N4OS. The Morgan fingerprint density at radius 2 is 2.28 bits per heavy atom.